The molecule has 1 unspecified atom stereocenters. The first kappa shape index (κ1) is 11.7. The largest absolute Gasteiger partial charge is 0.413 e. The molecule has 1 aliphatic heterocycles. The van der Waals surface area contributed by atoms with Crippen LogP contribution in [0.1, 0.15) is 26.3 Å². The molecule has 0 aromatic heterocycles. The van der Waals surface area contributed by atoms with Crippen molar-refractivity contribution in [1.29, 1.82) is 0 Å². The molecule has 0 saturated carbocycles. The number of benzene rings is 1. The van der Waals surface area contributed by atoms with Gasteiger partial charge in [-0.3, -0.25) is 0 Å². The molecule has 1 N–H and O–H groups in total. The lowest BCUT2D eigenvalue weighted by molar-refractivity contribution is 0.195. The molecular formula is C14H17NO2. The number of amides is 1. The van der Waals surface area contributed by atoms with E-state index < -0.39 is 5.54 Å². The molecule has 1 atom stereocenters. The second-order valence-corrected chi connectivity index (χ2v) is 4.79. The average Bonchev–Trinajstić information content (AvgIpc) is 2.56. The summed E-state index contributed by atoms with van der Waals surface area (Å²) in [5, 5.41) is 2.87. The Morgan fingerprint density at radius 2 is 1.94 bits per heavy atom. The van der Waals surface area contributed by atoms with Crippen LogP contribution in [0.2, 0.25) is 0 Å². The Morgan fingerprint density at radius 1 is 1.29 bits per heavy atom. The fraction of sp³-hybridized carbons (Fsp3) is 0.357. The number of hydrogen-bond donors (Lipinski definition) is 1. The highest BCUT2D eigenvalue weighted by Gasteiger charge is 2.43. The topological polar surface area (TPSA) is 38.3 Å². The van der Waals surface area contributed by atoms with Crippen LogP contribution >= 0.6 is 0 Å². The van der Waals surface area contributed by atoms with E-state index in [2.05, 4.69) is 19.2 Å². The highest BCUT2D eigenvalue weighted by molar-refractivity contribution is 5.76. The van der Waals surface area contributed by atoms with Crippen LogP contribution in [0.3, 0.4) is 0 Å². The molecular weight excluding hydrogens is 214 g/mol. The van der Waals surface area contributed by atoms with Gasteiger partial charge in [0.25, 0.3) is 0 Å². The fourth-order valence-electron chi connectivity index (χ4n) is 1.81. The summed E-state index contributed by atoms with van der Waals surface area (Å²) in [6.07, 6.45) is 1.54. The molecule has 1 aromatic rings. The van der Waals surface area contributed by atoms with Crippen molar-refractivity contribution in [2.75, 3.05) is 0 Å². The number of cyclic esters (lactones) is 1. The summed E-state index contributed by atoms with van der Waals surface area (Å²) in [4.78, 5) is 11.4. The Balaban J connectivity index is 2.37. The van der Waals surface area contributed by atoms with Gasteiger partial charge in [-0.1, -0.05) is 44.2 Å². The van der Waals surface area contributed by atoms with E-state index in [0.29, 0.717) is 5.76 Å². The maximum absolute atomic E-state index is 11.4. The van der Waals surface area contributed by atoms with E-state index in [1.165, 1.54) is 0 Å². The van der Waals surface area contributed by atoms with Crippen molar-refractivity contribution in [1.82, 2.24) is 5.32 Å². The molecule has 0 radical (unpaired) electrons. The van der Waals surface area contributed by atoms with Crippen molar-refractivity contribution in [3.05, 3.63) is 41.7 Å². The van der Waals surface area contributed by atoms with E-state index >= 15 is 0 Å². The van der Waals surface area contributed by atoms with Crippen molar-refractivity contribution < 1.29 is 9.53 Å². The van der Waals surface area contributed by atoms with E-state index in [4.69, 9.17) is 4.74 Å². The van der Waals surface area contributed by atoms with Gasteiger partial charge < -0.3 is 10.1 Å². The quantitative estimate of drug-likeness (QED) is 0.849. The summed E-state index contributed by atoms with van der Waals surface area (Å²) in [6, 6.07) is 9.86. The maximum Gasteiger partial charge on any atom is 0.413 e. The third-order valence-corrected chi connectivity index (χ3v) is 3.33. The Bertz CT molecular complexity index is 451. The van der Waals surface area contributed by atoms with Gasteiger partial charge in [0.1, 0.15) is 11.3 Å². The van der Waals surface area contributed by atoms with Gasteiger partial charge in [-0.15, -0.1) is 0 Å². The first-order valence-electron chi connectivity index (χ1n) is 5.79. The molecule has 1 aliphatic rings. The summed E-state index contributed by atoms with van der Waals surface area (Å²) in [5.41, 5.74) is 0.610. The van der Waals surface area contributed by atoms with E-state index in [-0.39, 0.29) is 12.0 Å². The smallest absolute Gasteiger partial charge is 0.412 e. The number of nitrogens with one attached hydrogen (secondary N) is 1. The molecule has 90 valence electrons. The van der Waals surface area contributed by atoms with Gasteiger partial charge in [0, 0.05) is 0 Å². The molecule has 2 rings (SSSR count). The second kappa shape index (κ2) is 4.24. The predicted octanol–water partition coefficient (Wildman–Crippen LogP) is 3.18. The molecule has 1 heterocycles. The van der Waals surface area contributed by atoms with Crippen LogP contribution in [-0.4, -0.2) is 11.6 Å². The zero-order valence-corrected chi connectivity index (χ0v) is 10.4. The van der Waals surface area contributed by atoms with E-state index in [0.717, 1.165) is 5.56 Å². The molecule has 3 nitrogen and oxygen atoms in total. The second-order valence-electron chi connectivity index (χ2n) is 4.79. The third kappa shape index (κ3) is 2.18. The van der Waals surface area contributed by atoms with Crippen LogP contribution in [0.15, 0.2) is 36.1 Å². The van der Waals surface area contributed by atoms with Crippen molar-refractivity contribution in [2.45, 2.75) is 26.3 Å². The lowest BCUT2D eigenvalue weighted by Gasteiger charge is -2.27. The van der Waals surface area contributed by atoms with E-state index in [1.54, 1.807) is 0 Å². The normalized spacial score (nSPS) is 26.1. The minimum absolute atomic E-state index is 0.268. The van der Waals surface area contributed by atoms with Gasteiger partial charge in [0.2, 0.25) is 0 Å². The Morgan fingerprint density at radius 3 is 2.53 bits per heavy atom. The van der Waals surface area contributed by atoms with Crippen molar-refractivity contribution in [3.8, 4) is 0 Å². The minimum atomic E-state index is -0.424. The standard InChI is InChI=1S/C14H17NO2/c1-10(2)14(3)12(17-13(16)15-14)9-11-7-5-4-6-8-11/h4-10H,1-3H3,(H,15,16)/b12-9-. The predicted molar refractivity (Wildman–Crippen MR) is 67.3 cm³/mol. The third-order valence-electron chi connectivity index (χ3n) is 3.33. The number of carbonyl (C=O) groups is 1. The molecule has 0 bridgehead atoms. The van der Waals surface area contributed by atoms with Crippen LogP contribution in [0.4, 0.5) is 4.79 Å². The molecule has 0 spiro atoms. The number of carbonyl (C=O) groups excluding carboxylic acids is 1. The molecule has 0 aliphatic carbocycles. The van der Waals surface area contributed by atoms with Crippen LogP contribution in [0.25, 0.3) is 6.08 Å². The molecule has 17 heavy (non-hydrogen) atoms. The van der Waals surface area contributed by atoms with Crippen LogP contribution < -0.4 is 5.32 Å². The molecule has 1 aromatic carbocycles. The zero-order valence-electron chi connectivity index (χ0n) is 10.4. The number of hydrogen-bond acceptors (Lipinski definition) is 2. The summed E-state index contributed by atoms with van der Waals surface area (Å²) in [6.45, 7) is 6.11. The van der Waals surface area contributed by atoms with Crippen molar-refractivity contribution in [2.24, 2.45) is 5.92 Å². The zero-order chi connectivity index (χ0) is 12.5. The SMILES string of the molecule is CC(C)C1(C)NC(=O)O/C1=C\c1ccccc1. The first-order valence-corrected chi connectivity index (χ1v) is 5.79. The van der Waals surface area contributed by atoms with Gasteiger partial charge in [-0.25, -0.2) is 4.79 Å². The summed E-state index contributed by atoms with van der Waals surface area (Å²) in [7, 11) is 0. The van der Waals surface area contributed by atoms with Crippen molar-refractivity contribution >= 4 is 12.2 Å². The number of rotatable bonds is 2. The van der Waals surface area contributed by atoms with Gasteiger partial charge in [0.05, 0.1) is 0 Å². The summed E-state index contributed by atoms with van der Waals surface area (Å²) in [5.74, 6) is 0.951. The first-order chi connectivity index (χ1) is 8.02. The lowest BCUT2D eigenvalue weighted by atomic mass is 9.86. The maximum atomic E-state index is 11.4. The highest BCUT2D eigenvalue weighted by atomic mass is 16.6. The number of ether oxygens (including phenoxy) is 1. The van der Waals surface area contributed by atoms with Gasteiger partial charge in [0.15, 0.2) is 0 Å². The number of alkyl carbamates (subject to hydrolysis) is 1. The summed E-state index contributed by atoms with van der Waals surface area (Å²) >= 11 is 0. The molecule has 1 saturated heterocycles. The van der Waals surface area contributed by atoms with Gasteiger partial charge in [-0.2, -0.15) is 0 Å². The van der Waals surface area contributed by atoms with Gasteiger partial charge in [-0.05, 0) is 24.5 Å². The lowest BCUT2D eigenvalue weighted by Crippen LogP contribution is -2.43. The van der Waals surface area contributed by atoms with Crippen LogP contribution in [0.5, 0.6) is 0 Å². The fourth-order valence-corrected chi connectivity index (χ4v) is 1.81. The monoisotopic (exact) mass is 231 g/mol. The Kier molecular flexibility index (Phi) is 2.92. The van der Waals surface area contributed by atoms with Gasteiger partial charge >= 0.3 is 6.09 Å². The molecule has 1 amide bonds. The van der Waals surface area contributed by atoms with Crippen LogP contribution in [0, 0.1) is 5.92 Å². The highest BCUT2D eigenvalue weighted by Crippen LogP contribution is 2.32. The Labute approximate surface area is 101 Å². The Hall–Kier alpha value is -1.77. The minimum Gasteiger partial charge on any atom is -0.412 e. The molecule has 1 fully saturated rings. The van der Waals surface area contributed by atoms with E-state index in [9.17, 15) is 4.79 Å². The van der Waals surface area contributed by atoms with Crippen molar-refractivity contribution in [3.63, 3.8) is 0 Å². The summed E-state index contributed by atoms with van der Waals surface area (Å²) < 4.78 is 5.25. The molecule has 3 heteroatoms. The van der Waals surface area contributed by atoms with E-state index in [1.807, 2.05) is 43.3 Å². The van der Waals surface area contributed by atoms with Crippen LogP contribution in [-0.2, 0) is 4.74 Å². The average molecular weight is 231 g/mol.